The third-order valence-corrected chi connectivity index (χ3v) is 3.70. The number of nitrogens with zero attached hydrogens (tertiary/aromatic N) is 1. The van der Waals surface area contributed by atoms with Gasteiger partial charge >= 0.3 is 0 Å². The number of benzene rings is 1. The second kappa shape index (κ2) is 5.93. The van der Waals surface area contributed by atoms with Crippen LogP contribution in [0, 0.1) is 5.41 Å². The van der Waals surface area contributed by atoms with Crippen LogP contribution in [0.15, 0.2) is 29.3 Å². The molecule has 1 aromatic rings. The Morgan fingerprint density at radius 1 is 1.42 bits per heavy atom. The summed E-state index contributed by atoms with van der Waals surface area (Å²) < 4.78 is 5.09. The van der Waals surface area contributed by atoms with Gasteiger partial charge < -0.3 is 20.9 Å². The Balaban J connectivity index is 1.90. The minimum absolute atomic E-state index is 0.0355. The SMILES string of the molecule is COc1ccc(NC(N)=NCC2(CO)CCC2)cc1. The van der Waals surface area contributed by atoms with E-state index in [2.05, 4.69) is 10.3 Å². The monoisotopic (exact) mass is 263 g/mol. The minimum Gasteiger partial charge on any atom is -0.497 e. The lowest BCUT2D eigenvalue weighted by atomic mass is 9.69. The third-order valence-electron chi connectivity index (χ3n) is 3.70. The Bertz CT molecular complexity index is 433. The van der Waals surface area contributed by atoms with Crippen molar-refractivity contribution < 1.29 is 9.84 Å². The van der Waals surface area contributed by atoms with Crippen molar-refractivity contribution in [2.75, 3.05) is 25.6 Å². The van der Waals surface area contributed by atoms with Gasteiger partial charge in [0.25, 0.3) is 0 Å². The predicted octanol–water partition coefficient (Wildman–Crippen LogP) is 1.58. The zero-order valence-electron chi connectivity index (χ0n) is 11.2. The van der Waals surface area contributed by atoms with Crippen LogP contribution >= 0.6 is 0 Å². The van der Waals surface area contributed by atoms with Gasteiger partial charge in [0.15, 0.2) is 5.96 Å². The first-order chi connectivity index (χ1) is 9.17. The van der Waals surface area contributed by atoms with Crippen LogP contribution in [0.1, 0.15) is 19.3 Å². The van der Waals surface area contributed by atoms with Gasteiger partial charge in [-0.25, -0.2) is 0 Å². The Morgan fingerprint density at radius 2 is 2.11 bits per heavy atom. The molecule has 2 rings (SSSR count). The van der Waals surface area contributed by atoms with Crippen molar-refractivity contribution in [3.8, 4) is 5.75 Å². The van der Waals surface area contributed by atoms with Crippen molar-refractivity contribution >= 4 is 11.6 Å². The fourth-order valence-corrected chi connectivity index (χ4v) is 2.16. The summed E-state index contributed by atoms with van der Waals surface area (Å²) in [5.41, 5.74) is 6.68. The van der Waals surface area contributed by atoms with Crippen LogP contribution in [-0.2, 0) is 0 Å². The molecule has 0 amide bonds. The van der Waals surface area contributed by atoms with Crippen LogP contribution in [0.2, 0.25) is 0 Å². The van der Waals surface area contributed by atoms with Gasteiger partial charge in [-0.2, -0.15) is 0 Å². The molecular formula is C14H21N3O2. The van der Waals surface area contributed by atoms with Gasteiger partial charge in [-0.1, -0.05) is 6.42 Å². The first kappa shape index (κ1) is 13.7. The molecule has 0 spiro atoms. The largest absolute Gasteiger partial charge is 0.497 e. The van der Waals surface area contributed by atoms with E-state index >= 15 is 0 Å². The highest BCUT2D eigenvalue weighted by atomic mass is 16.5. The number of anilines is 1. The fourth-order valence-electron chi connectivity index (χ4n) is 2.16. The van der Waals surface area contributed by atoms with Gasteiger partial charge in [-0.05, 0) is 37.1 Å². The third kappa shape index (κ3) is 3.38. The molecule has 5 nitrogen and oxygen atoms in total. The van der Waals surface area contributed by atoms with E-state index in [1.54, 1.807) is 7.11 Å². The molecule has 5 heteroatoms. The van der Waals surface area contributed by atoms with E-state index in [0.29, 0.717) is 12.5 Å². The normalized spacial score (nSPS) is 17.7. The van der Waals surface area contributed by atoms with E-state index in [1.165, 1.54) is 6.42 Å². The maximum atomic E-state index is 9.35. The Morgan fingerprint density at radius 3 is 2.58 bits per heavy atom. The van der Waals surface area contributed by atoms with Gasteiger partial charge in [0.1, 0.15) is 5.75 Å². The minimum atomic E-state index is -0.0355. The number of hydrogen-bond acceptors (Lipinski definition) is 3. The van der Waals surface area contributed by atoms with Crippen LogP contribution < -0.4 is 15.8 Å². The second-order valence-corrected chi connectivity index (χ2v) is 5.07. The lowest BCUT2D eigenvalue weighted by molar-refractivity contribution is 0.0540. The Kier molecular flexibility index (Phi) is 4.27. The second-order valence-electron chi connectivity index (χ2n) is 5.07. The summed E-state index contributed by atoms with van der Waals surface area (Å²) in [5.74, 6) is 1.18. The molecule has 0 radical (unpaired) electrons. The number of hydrogen-bond donors (Lipinski definition) is 3. The Hall–Kier alpha value is -1.75. The van der Waals surface area contributed by atoms with Crippen LogP contribution in [0.5, 0.6) is 5.75 Å². The highest BCUT2D eigenvalue weighted by Crippen LogP contribution is 2.40. The maximum Gasteiger partial charge on any atom is 0.193 e. The number of aliphatic imine (C=N–C) groups is 1. The summed E-state index contributed by atoms with van der Waals surface area (Å²) in [6, 6.07) is 7.48. The van der Waals surface area contributed by atoms with Gasteiger partial charge in [-0.15, -0.1) is 0 Å². The smallest absolute Gasteiger partial charge is 0.193 e. The van der Waals surface area contributed by atoms with Gasteiger partial charge in [-0.3, -0.25) is 4.99 Å². The quantitative estimate of drug-likeness (QED) is 0.556. The highest BCUT2D eigenvalue weighted by Gasteiger charge is 2.36. The Labute approximate surface area is 113 Å². The summed E-state index contributed by atoms with van der Waals surface area (Å²) in [7, 11) is 1.63. The van der Waals surface area contributed by atoms with Crippen molar-refractivity contribution in [1.29, 1.82) is 0 Å². The van der Waals surface area contributed by atoms with Crippen molar-refractivity contribution in [2.45, 2.75) is 19.3 Å². The average molecular weight is 263 g/mol. The number of aliphatic hydroxyl groups excluding tert-OH is 1. The van der Waals surface area contributed by atoms with E-state index in [1.807, 2.05) is 24.3 Å². The summed E-state index contributed by atoms with van der Waals surface area (Å²) in [6.45, 7) is 0.769. The molecule has 0 aliphatic heterocycles. The van der Waals surface area contributed by atoms with Crippen LogP contribution in [0.25, 0.3) is 0 Å². The number of rotatable bonds is 5. The lowest BCUT2D eigenvalue weighted by Crippen LogP contribution is -2.37. The molecule has 0 bridgehead atoms. The lowest BCUT2D eigenvalue weighted by Gasteiger charge is -2.38. The zero-order chi connectivity index (χ0) is 13.7. The molecule has 1 saturated carbocycles. The van der Waals surface area contributed by atoms with E-state index < -0.39 is 0 Å². The molecular weight excluding hydrogens is 242 g/mol. The molecule has 1 aromatic carbocycles. The number of guanidine groups is 1. The molecule has 0 unspecified atom stereocenters. The molecule has 104 valence electrons. The average Bonchev–Trinajstić information content (AvgIpc) is 2.39. The molecule has 1 aliphatic rings. The topological polar surface area (TPSA) is 79.9 Å². The first-order valence-electron chi connectivity index (χ1n) is 6.49. The summed E-state index contributed by atoms with van der Waals surface area (Å²) in [5, 5.41) is 12.4. The van der Waals surface area contributed by atoms with Crippen molar-refractivity contribution in [3.63, 3.8) is 0 Å². The number of nitrogens with one attached hydrogen (secondary N) is 1. The maximum absolute atomic E-state index is 9.35. The summed E-state index contributed by atoms with van der Waals surface area (Å²) in [6.07, 6.45) is 3.23. The van der Waals surface area contributed by atoms with E-state index in [-0.39, 0.29) is 12.0 Å². The van der Waals surface area contributed by atoms with Crippen LogP contribution in [0.3, 0.4) is 0 Å². The number of ether oxygens (including phenoxy) is 1. The van der Waals surface area contributed by atoms with Crippen molar-refractivity contribution in [3.05, 3.63) is 24.3 Å². The molecule has 0 saturated heterocycles. The molecule has 0 atom stereocenters. The van der Waals surface area contributed by atoms with E-state index in [4.69, 9.17) is 10.5 Å². The number of nitrogens with two attached hydrogens (primary N) is 1. The first-order valence-corrected chi connectivity index (χ1v) is 6.49. The molecule has 4 N–H and O–H groups in total. The molecule has 0 heterocycles. The molecule has 1 aliphatic carbocycles. The zero-order valence-corrected chi connectivity index (χ0v) is 11.2. The van der Waals surface area contributed by atoms with Gasteiger partial charge in [0, 0.05) is 11.1 Å². The van der Waals surface area contributed by atoms with E-state index in [0.717, 1.165) is 24.3 Å². The predicted molar refractivity (Wildman–Crippen MR) is 76.5 cm³/mol. The number of methoxy groups -OCH3 is 1. The molecule has 1 fully saturated rings. The highest BCUT2D eigenvalue weighted by molar-refractivity contribution is 5.92. The number of aliphatic hydroxyl groups is 1. The fraction of sp³-hybridized carbons (Fsp3) is 0.500. The van der Waals surface area contributed by atoms with E-state index in [9.17, 15) is 5.11 Å². The van der Waals surface area contributed by atoms with Crippen molar-refractivity contribution in [1.82, 2.24) is 0 Å². The summed E-state index contributed by atoms with van der Waals surface area (Å²) in [4.78, 5) is 4.32. The van der Waals surface area contributed by atoms with Gasteiger partial charge in [0.2, 0.25) is 0 Å². The van der Waals surface area contributed by atoms with Crippen molar-refractivity contribution in [2.24, 2.45) is 16.1 Å². The standard InChI is InChI=1S/C14H21N3O2/c1-19-12-5-3-11(4-6-12)17-13(15)16-9-14(10-18)7-2-8-14/h3-6,18H,2,7-10H2,1H3,(H3,15,16,17). The van der Waals surface area contributed by atoms with Gasteiger partial charge in [0.05, 0.1) is 20.3 Å². The molecule has 19 heavy (non-hydrogen) atoms. The summed E-state index contributed by atoms with van der Waals surface area (Å²) >= 11 is 0. The van der Waals surface area contributed by atoms with Crippen LogP contribution in [-0.4, -0.2) is 31.3 Å². The molecule has 0 aromatic heterocycles. The van der Waals surface area contributed by atoms with Crippen LogP contribution in [0.4, 0.5) is 5.69 Å².